The lowest BCUT2D eigenvalue weighted by molar-refractivity contribution is 0.501. The molecule has 0 bridgehead atoms. The number of piperidine rings is 2. The summed E-state index contributed by atoms with van der Waals surface area (Å²) in [6.45, 7) is 8.07. The van der Waals surface area contributed by atoms with Crippen molar-refractivity contribution in [1.82, 2.24) is 19.9 Å². The lowest BCUT2D eigenvalue weighted by Gasteiger charge is -2.33. The predicted molar refractivity (Wildman–Crippen MR) is 160 cm³/mol. The van der Waals surface area contributed by atoms with E-state index < -0.39 is 0 Å². The standard InChI is InChI=1S/C30H35N9/c1-20(35-30-25(10-7-13-33-30)38-16-11-22(31)12-17-38)27-29(32)34-19-24(36-27)28-23-9-4-3-8-21(23)18-26(37-28)39-14-5-2-6-15-39/h3-4,7-10,13,18-19,22H,1-2,5-6,11-12,14-17,31H2,(H2,32,34)(H,33,35). The molecule has 0 saturated carbocycles. The molecule has 2 fully saturated rings. The van der Waals surface area contributed by atoms with Crippen LogP contribution >= 0.6 is 0 Å². The molecule has 0 atom stereocenters. The fourth-order valence-electron chi connectivity index (χ4n) is 5.49. The predicted octanol–water partition coefficient (Wildman–Crippen LogP) is 4.67. The van der Waals surface area contributed by atoms with Crippen LogP contribution in [0.1, 0.15) is 37.8 Å². The lowest BCUT2D eigenvalue weighted by atomic mass is 10.1. The van der Waals surface area contributed by atoms with Gasteiger partial charge in [0.25, 0.3) is 0 Å². The van der Waals surface area contributed by atoms with Crippen LogP contribution in [0.2, 0.25) is 0 Å². The minimum atomic E-state index is 0.250. The minimum absolute atomic E-state index is 0.250. The molecule has 9 nitrogen and oxygen atoms in total. The maximum atomic E-state index is 6.33. The number of nitrogens with zero attached hydrogens (tertiary/aromatic N) is 6. The summed E-state index contributed by atoms with van der Waals surface area (Å²) in [6.07, 6.45) is 9.00. The summed E-state index contributed by atoms with van der Waals surface area (Å²) in [4.78, 5) is 23.8. The van der Waals surface area contributed by atoms with Gasteiger partial charge in [-0.15, -0.1) is 0 Å². The van der Waals surface area contributed by atoms with Crippen LogP contribution in [-0.2, 0) is 0 Å². The maximum Gasteiger partial charge on any atom is 0.154 e. The van der Waals surface area contributed by atoms with Gasteiger partial charge < -0.3 is 26.6 Å². The van der Waals surface area contributed by atoms with Crippen LogP contribution in [0.5, 0.6) is 0 Å². The molecule has 0 radical (unpaired) electrons. The average molecular weight is 522 g/mol. The molecule has 5 heterocycles. The van der Waals surface area contributed by atoms with Crippen molar-refractivity contribution < 1.29 is 0 Å². The molecule has 2 aliphatic heterocycles. The van der Waals surface area contributed by atoms with Gasteiger partial charge in [-0.05, 0) is 55.7 Å². The van der Waals surface area contributed by atoms with Crippen molar-refractivity contribution in [3.8, 4) is 11.4 Å². The van der Waals surface area contributed by atoms with Crippen LogP contribution in [0.25, 0.3) is 27.9 Å². The zero-order chi connectivity index (χ0) is 26.8. The summed E-state index contributed by atoms with van der Waals surface area (Å²) in [6, 6.07) is 14.7. The van der Waals surface area contributed by atoms with Crippen LogP contribution < -0.4 is 26.6 Å². The molecule has 1 aromatic carbocycles. The number of nitrogens with two attached hydrogens (primary N) is 2. The van der Waals surface area contributed by atoms with E-state index in [4.69, 9.17) is 21.4 Å². The Kier molecular flexibility index (Phi) is 6.98. The Balaban J connectivity index is 1.34. The van der Waals surface area contributed by atoms with Gasteiger partial charge in [0.2, 0.25) is 0 Å². The Morgan fingerprint density at radius 1 is 0.923 bits per heavy atom. The molecule has 3 aromatic heterocycles. The number of nitrogens with one attached hydrogen (secondary N) is 1. The summed E-state index contributed by atoms with van der Waals surface area (Å²) < 4.78 is 0. The van der Waals surface area contributed by atoms with Crippen LogP contribution in [0, 0.1) is 0 Å². The quantitative estimate of drug-likeness (QED) is 0.332. The monoisotopic (exact) mass is 521 g/mol. The summed E-state index contributed by atoms with van der Waals surface area (Å²) in [5.74, 6) is 1.98. The van der Waals surface area contributed by atoms with Gasteiger partial charge in [-0.25, -0.2) is 19.9 Å². The first-order valence-electron chi connectivity index (χ1n) is 13.8. The highest BCUT2D eigenvalue weighted by atomic mass is 15.2. The molecule has 4 aromatic rings. The first kappa shape index (κ1) is 25.1. The van der Waals surface area contributed by atoms with E-state index in [2.05, 4.69) is 62.0 Å². The third-order valence-corrected chi connectivity index (χ3v) is 7.67. The highest BCUT2D eigenvalue weighted by Crippen LogP contribution is 2.33. The minimum Gasteiger partial charge on any atom is -0.382 e. The normalized spacial score (nSPS) is 16.4. The number of pyridine rings is 2. The first-order valence-corrected chi connectivity index (χ1v) is 13.8. The number of rotatable bonds is 6. The van der Waals surface area contributed by atoms with Crippen LogP contribution in [-0.4, -0.2) is 52.2 Å². The Labute approximate surface area is 229 Å². The molecular weight excluding hydrogens is 486 g/mol. The molecule has 0 aliphatic carbocycles. The molecule has 0 unspecified atom stereocenters. The Morgan fingerprint density at radius 2 is 1.72 bits per heavy atom. The number of hydrogen-bond donors (Lipinski definition) is 3. The number of hydrogen-bond acceptors (Lipinski definition) is 9. The fourth-order valence-corrected chi connectivity index (χ4v) is 5.49. The van der Waals surface area contributed by atoms with Crippen LogP contribution in [0.15, 0.2) is 61.4 Å². The van der Waals surface area contributed by atoms with Crippen molar-refractivity contribution in [3.05, 3.63) is 67.1 Å². The second-order valence-electron chi connectivity index (χ2n) is 10.4. The zero-order valence-corrected chi connectivity index (χ0v) is 22.2. The van der Waals surface area contributed by atoms with Crippen molar-refractivity contribution in [2.24, 2.45) is 5.73 Å². The summed E-state index contributed by atoms with van der Waals surface area (Å²) >= 11 is 0. The van der Waals surface area contributed by atoms with E-state index in [1.807, 2.05) is 12.1 Å². The summed E-state index contributed by atoms with van der Waals surface area (Å²) in [5, 5.41) is 5.52. The molecule has 9 heteroatoms. The van der Waals surface area contributed by atoms with Gasteiger partial charge in [0, 0.05) is 43.8 Å². The number of nitrogen functional groups attached to an aromatic ring is 1. The second kappa shape index (κ2) is 10.9. The molecule has 2 aliphatic rings. The van der Waals surface area contributed by atoms with Gasteiger partial charge in [-0.1, -0.05) is 30.8 Å². The van der Waals surface area contributed by atoms with E-state index in [0.29, 0.717) is 28.7 Å². The molecular formula is C30H35N9. The average Bonchev–Trinajstić information content (AvgIpc) is 2.98. The Bertz CT molecular complexity index is 1490. The van der Waals surface area contributed by atoms with Gasteiger partial charge in [0.1, 0.15) is 22.9 Å². The second-order valence-corrected chi connectivity index (χ2v) is 10.4. The van der Waals surface area contributed by atoms with E-state index in [9.17, 15) is 0 Å². The largest absolute Gasteiger partial charge is 0.382 e. The summed E-state index contributed by atoms with van der Waals surface area (Å²) in [5.41, 5.74) is 15.9. The molecule has 2 saturated heterocycles. The third kappa shape index (κ3) is 5.22. The highest BCUT2D eigenvalue weighted by Gasteiger charge is 2.21. The molecule has 6 rings (SSSR count). The van der Waals surface area contributed by atoms with Gasteiger partial charge in [0.15, 0.2) is 11.6 Å². The van der Waals surface area contributed by atoms with Crippen molar-refractivity contribution in [2.75, 3.05) is 47.0 Å². The lowest BCUT2D eigenvalue weighted by Crippen LogP contribution is -2.40. The SMILES string of the molecule is C=C(Nc1ncccc1N1CCC(N)CC1)c1nc(-c2nc(N3CCCCC3)cc3ccccc23)cnc1N. The smallest absolute Gasteiger partial charge is 0.154 e. The molecule has 39 heavy (non-hydrogen) atoms. The number of aromatic nitrogens is 4. The van der Waals surface area contributed by atoms with Crippen molar-refractivity contribution >= 4 is 39.6 Å². The van der Waals surface area contributed by atoms with E-state index >= 15 is 0 Å². The number of benzene rings is 1. The maximum absolute atomic E-state index is 6.33. The van der Waals surface area contributed by atoms with Crippen molar-refractivity contribution in [1.29, 1.82) is 0 Å². The van der Waals surface area contributed by atoms with Crippen LogP contribution in [0.4, 0.5) is 23.1 Å². The highest BCUT2D eigenvalue weighted by molar-refractivity contribution is 5.96. The van der Waals surface area contributed by atoms with Crippen molar-refractivity contribution in [3.63, 3.8) is 0 Å². The third-order valence-electron chi connectivity index (χ3n) is 7.67. The molecule has 0 amide bonds. The summed E-state index contributed by atoms with van der Waals surface area (Å²) in [7, 11) is 0. The van der Waals surface area contributed by atoms with Gasteiger partial charge >= 0.3 is 0 Å². The zero-order valence-electron chi connectivity index (χ0n) is 22.2. The Hall–Kier alpha value is -4.24. The fraction of sp³-hybridized carbons (Fsp3) is 0.333. The van der Waals surface area contributed by atoms with E-state index in [1.165, 1.54) is 19.3 Å². The number of anilines is 4. The van der Waals surface area contributed by atoms with Crippen molar-refractivity contribution in [2.45, 2.75) is 38.1 Å². The van der Waals surface area contributed by atoms with E-state index in [-0.39, 0.29) is 6.04 Å². The van der Waals surface area contributed by atoms with Gasteiger partial charge in [-0.3, -0.25) is 0 Å². The molecule has 5 N–H and O–H groups in total. The Morgan fingerprint density at radius 3 is 2.54 bits per heavy atom. The topological polar surface area (TPSA) is 122 Å². The molecule has 200 valence electrons. The van der Waals surface area contributed by atoms with Crippen LogP contribution in [0.3, 0.4) is 0 Å². The van der Waals surface area contributed by atoms with Gasteiger partial charge in [-0.2, -0.15) is 0 Å². The first-order chi connectivity index (χ1) is 19.1. The van der Waals surface area contributed by atoms with E-state index in [1.54, 1.807) is 12.4 Å². The van der Waals surface area contributed by atoms with Gasteiger partial charge in [0.05, 0.1) is 17.6 Å². The van der Waals surface area contributed by atoms with E-state index in [0.717, 1.165) is 67.0 Å². The number of fused-ring (bicyclic) bond motifs is 1. The molecule has 0 spiro atoms.